The van der Waals surface area contributed by atoms with E-state index in [1.165, 1.54) is 5.56 Å². The van der Waals surface area contributed by atoms with Crippen LogP contribution in [0, 0.1) is 0 Å². The van der Waals surface area contributed by atoms with Crippen molar-refractivity contribution < 1.29 is 4.42 Å². The van der Waals surface area contributed by atoms with E-state index in [0.29, 0.717) is 12.5 Å². The monoisotopic (exact) mass is 253 g/mol. The first-order valence-electron chi connectivity index (χ1n) is 4.59. The second kappa shape index (κ2) is 3.75. The standard InChI is InChI=1S/C11H12BrNO/c1-7(5-13)8-6-14-10-4-2-3-9(12)11(8)10/h2-4,6-7H,5,13H2,1H3. The van der Waals surface area contributed by atoms with Gasteiger partial charge in [0.2, 0.25) is 0 Å². The van der Waals surface area contributed by atoms with Gasteiger partial charge < -0.3 is 10.2 Å². The van der Waals surface area contributed by atoms with Crippen LogP contribution in [0.3, 0.4) is 0 Å². The minimum absolute atomic E-state index is 0.329. The molecule has 0 fully saturated rings. The number of rotatable bonds is 2. The second-order valence-electron chi connectivity index (χ2n) is 3.44. The van der Waals surface area contributed by atoms with E-state index in [9.17, 15) is 0 Å². The lowest BCUT2D eigenvalue weighted by molar-refractivity contribution is 0.603. The van der Waals surface area contributed by atoms with E-state index in [2.05, 4.69) is 22.9 Å². The third-order valence-corrected chi connectivity index (χ3v) is 3.12. The van der Waals surface area contributed by atoms with E-state index < -0.39 is 0 Å². The number of benzene rings is 1. The Balaban J connectivity index is 2.67. The molecule has 2 aromatic rings. The molecule has 0 radical (unpaired) electrons. The van der Waals surface area contributed by atoms with Gasteiger partial charge in [-0.15, -0.1) is 0 Å². The third-order valence-electron chi connectivity index (χ3n) is 2.46. The van der Waals surface area contributed by atoms with Crippen molar-refractivity contribution in [2.24, 2.45) is 5.73 Å². The first-order chi connectivity index (χ1) is 6.74. The third kappa shape index (κ3) is 1.47. The summed E-state index contributed by atoms with van der Waals surface area (Å²) in [7, 11) is 0. The zero-order chi connectivity index (χ0) is 10.1. The number of hydrogen-bond acceptors (Lipinski definition) is 2. The average Bonchev–Trinajstić information content (AvgIpc) is 2.62. The van der Waals surface area contributed by atoms with Gasteiger partial charge in [-0.3, -0.25) is 0 Å². The van der Waals surface area contributed by atoms with E-state index >= 15 is 0 Å². The van der Waals surface area contributed by atoms with Crippen molar-refractivity contribution >= 4 is 26.9 Å². The Bertz CT molecular complexity index is 449. The molecule has 3 heteroatoms. The minimum Gasteiger partial charge on any atom is -0.464 e. The molecule has 0 amide bonds. The van der Waals surface area contributed by atoms with Crippen LogP contribution in [0.5, 0.6) is 0 Å². The fourth-order valence-electron chi connectivity index (χ4n) is 1.56. The summed E-state index contributed by atoms with van der Waals surface area (Å²) in [5.74, 6) is 0.329. The molecule has 0 aliphatic rings. The average molecular weight is 254 g/mol. The molecule has 0 bridgehead atoms. The number of halogens is 1. The molecule has 0 aliphatic heterocycles. The number of nitrogens with two attached hydrogens (primary N) is 1. The van der Waals surface area contributed by atoms with E-state index in [0.717, 1.165) is 15.4 Å². The molecule has 1 aromatic carbocycles. The molecular formula is C11H12BrNO. The second-order valence-corrected chi connectivity index (χ2v) is 4.30. The van der Waals surface area contributed by atoms with Crippen molar-refractivity contribution in [1.82, 2.24) is 0 Å². The van der Waals surface area contributed by atoms with Crippen molar-refractivity contribution in [2.75, 3.05) is 6.54 Å². The van der Waals surface area contributed by atoms with Gasteiger partial charge in [0.1, 0.15) is 5.58 Å². The van der Waals surface area contributed by atoms with Gasteiger partial charge in [0.05, 0.1) is 6.26 Å². The summed E-state index contributed by atoms with van der Waals surface area (Å²) in [5, 5.41) is 1.14. The van der Waals surface area contributed by atoms with Crippen LogP contribution in [0.2, 0.25) is 0 Å². The normalized spacial score (nSPS) is 13.4. The Morgan fingerprint density at radius 1 is 1.50 bits per heavy atom. The summed E-state index contributed by atoms with van der Waals surface area (Å²) in [5.41, 5.74) is 7.74. The number of furan rings is 1. The van der Waals surface area contributed by atoms with Crippen molar-refractivity contribution in [3.63, 3.8) is 0 Å². The van der Waals surface area contributed by atoms with Gasteiger partial charge in [-0.1, -0.05) is 28.9 Å². The van der Waals surface area contributed by atoms with Crippen LogP contribution in [-0.2, 0) is 0 Å². The summed E-state index contributed by atoms with van der Waals surface area (Å²) in [6, 6.07) is 5.95. The van der Waals surface area contributed by atoms with Gasteiger partial charge in [0, 0.05) is 15.4 Å². The largest absolute Gasteiger partial charge is 0.464 e. The van der Waals surface area contributed by atoms with Gasteiger partial charge in [0.25, 0.3) is 0 Å². The Morgan fingerprint density at radius 3 is 3.00 bits per heavy atom. The van der Waals surface area contributed by atoms with E-state index in [1.807, 2.05) is 18.2 Å². The molecule has 2 N–H and O–H groups in total. The quantitative estimate of drug-likeness (QED) is 0.893. The fraction of sp³-hybridized carbons (Fsp3) is 0.273. The lowest BCUT2D eigenvalue weighted by atomic mass is 10.0. The maximum atomic E-state index is 5.65. The molecule has 2 rings (SSSR count). The Hall–Kier alpha value is -0.800. The van der Waals surface area contributed by atoms with Gasteiger partial charge in [-0.05, 0) is 24.6 Å². The molecule has 1 unspecified atom stereocenters. The fourth-order valence-corrected chi connectivity index (χ4v) is 2.14. The Labute approximate surface area is 91.2 Å². The highest BCUT2D eigenvalue weighted by Crippen LogP contribution is 2.32. The molecule has 0 spiro atoms. The molecule has 0 saturated heterocycles. The van der Waals surface area contributed by atoms with Gasteiger partial charge in [-0.25, -0.2) is 0 Å². The summed E-state index contributed by atoms with van der Waals surface area (Å²) < 4.78 is 6.54. The van der Waals surface area contributed by atoms with Crippen LogP contribution in [0.4, 0.5) is 0 Å². The van der Waals surface area contributed by atoms with E-state index in [-0.39, 0.29) is 0 Å². The molecule has 1 aromatic heterocycles. The first-order valence-corrected chi connectivity index (χ1v) is 5.39. The minimum atomic E-state index is 0.329. The van der Waals surface area contributed by atoms with Gasteiger partial charge in [0.15, 0.2) is 0 Å². The van der Waals surface area contributed by atoms with Crippen molar-refractivity contribution in [2.45, 2.75) is 12.8 Å². The Kier molecular flexibility index (Phi) is 2.61. The maximum absolute atomic E-state index is 5.65. The van der Waals surface area contributed by atoms with Crippen LogP contribution in [0.1, 0.15) is 18.4 Å². The molecule has 0 aliphatic carbocycles. The lowest BCUT2D eigenvalue weighted by Crippen LogP contribution is -2.08. The zero-order valence-electron chi connectivity index (χ0n) is 7.96. The Morgan fingerprint density at radius 2 is 2.29 bits per heavy atom. The van der Waals surface area contributed by atoms with Crippen LogP contribution < -0.4 is 5.73 Å². The lowest BCUT2D eigenvalue weighted by Gasteiger charge is -2.06. The predicted octanol–water partition coefficient (Wildman–Crippen LogP) is 3.26. The molecular weight excluding hydrogens is 242 g/mol. The number of fused-ring (bicyclic) bond motifs is 1. The van der Waals surface area contributed by atoms with Gasteiger partial charge in [-0.2, -0.15) is 0 Å². The smallest absolute Gasteiger partial charge is 0.135 e. The molecule has 1 heterocycles. The summed E-state index contributed by atoms with van der Waals surface area (Å²) in [4.78, 5) is 0. The van der Waals surface area contributed by atoms with Gasteiger partial charge >= 0.3 is 0 Å². The van der Waals surface area contributed by atoms with E-state index in [1.54, 1.807) is 6.26 Å². The SMILES string of the molecule is CC(CN)c1coc2cccc(Br)c12. The highest BCUT2D eigenvalue weighted by Gasteiger charge is 2.13. The highest BCUT2D eigenvalue weighted by molar-refractivity contribution is 9.10. The summed E-state index contributed by atoms with van der Waals surface area (Å²) >= 11 is 3.52. The summed E-state index contributed by atoms with van der Waals surface area (Å²) in [6.45, 7) is 2.74. The topological polar surface area (TPSA) is 39.2 Å². The molecule has 2 nitrogen and oxygen atoms in total. The predicted molar refractivity (Wildman–Crippen MR) is 61.4 cm³/mol. The zero-order valence-corrected chi connectivity index (χ0v) is 9.54. The van der Waals surface area contributed by atoms with Crippen LogP contribution in [0.15, 0.2) is 33.4 Å². The van der Waals surface area contributed by atoms with Crippen molar-refractivity contribution in [3.8, 4) is 0 Å². The van der Waals surface area contributed by atoms with Crippen LogP contribution in [0.25, 0.3) is 11.0 Å². The first kappa shape index (κ1) is 9.74. The number of hydrogen-bond donors (Lipinski definition) is 1. The molecule has 1 atom stereocenters. The molecule has 14 heavy (non-hydrogen) atoms. The van der Waals surface area contributed by atoms with E-state index in [4.69, 9.17) is 10.2 Å². The molecule has 74 valence electrons. The summed E-state index contributed by atoms with van der Waals surface area (Å²) in [6.07, 6.45) is 1.80. The van der Waals surface area contributed by atoms with Crippen molar-refractivity contribution in [1.29, 1.82) is 0 Å². The highest BCUT2D eigenvalue weighted by atomic mass is 79.9. The maximum Gasteiger partial charge on any atom is 0.135 e. The van der Waals surface area contributed by atoms with Crippen LogP contribution in [-0.4, -0.2) is 6.54 Å². The van der Waals surface area contributed by atoms with Crippen molar-refractivity contribution in [3.05, 3.63) is 34.5 Å². The molecule has 0 saturated carbocycles. The van der Waals surface area contributed by atoms with Crippen LogP contribution >= 0.6 is 15.9 Å².